The molecule has 6 heteroatoms. The van der Waals surface area contributed by atoms with Crippen LogP contribution >= 0.6 is 22.6 Å². The number of para-hydroxylation sites is 1. The molecule has 0 fully saturated rings. The number of nitrogens with one attached hydrogen (secondary N) is 1. The fraction of sp³-hybridized carbons (Fsp3) is 0.125. The molecule has 0 aliphatic carbocycles. The molecule has 0 saturated heterocycles. The molecule has 22 heavy (non-hydrogen) atoms. The SMILES string of the molecule is COc1cccc(/C=N\NC(=O)c2ccc(I)cc2)c1OC. The van der Waals surface area contributed by atoms with Crippen molar-refractivity contribution in [2.45, 2.75) is 0 Å². The molecule has 0 unspecified atom stereocenters. The van der Waals surface area contributed by atoms with Crippen LogP contribution in [-0.2, 0) is 0 Å². The Labute approximate surface area is 142 Å². The Morgan fingerprint density at radius 1 is 1.14 bits per heavy atom. The second-order valence-corrected chi connectivity index (χ2v) is 5.53. The van der Waals surface area contributed by atoms with Crippen LogP contribution in [0.4, 0.5) is 0 Å². The van der Waals surface area contributed by atoms with Crippen LogP contribution in [0.2, 0.25) is 0 Å². The molecule has 5 nitrogen and oxygen atoms in total. The molecule has 0 aliphatic rings. The lowest BCUT2D eigenvalue weighted by Gasteiger charge is -2.09. The van der Waals surface area contributed by atoms with Crippen molar-refractivity contribution in [2.75, 3.05) is 14.2 Å². The summed E-state index contributed by atoms with van der Waals surface area (Å²) in [6.07, 6.45) is 1.52. The molecule has 0 heterocycles. The van der Waals surface area contributed by atoms with E-state index in [1.807, 2.05) is 24.3 Å². The normalized spacial score (nSPS) is 10.5. The summed E-state index contributed by atoms with van der Waals surface area (Å²) < 4.78 is 11.6. The minimum atomic E-state index is -0.269. The van der Waals surface area contributed by atoms with E-state index in [-0.39, 0.29) is 5.91 Å². The number of hydrogen-bond acceptors (Lipinski definition) is 4. The van der Waals surface area contributed by atoms with E-state index in [0.29, 0.717) is 22.6 Å². The zero-order valence-corrected chi connectivity index (χ0v) is 14.3. The standard InChI is InChI=1S/C16H15IN2O3/c1-21-14-5-3-4-12(15(14)22-2)10-18-19-16(20)11-6-8-13(17)9-7-11/h3-10H,1-2H3,(H,19,20)/b18-10-. The third kappa shape index (κ3) is 3.97. The van der Waals surface area contributed by atoms with Gasteiger partial charge in [0.15, 0.2) is 11.5 Å². The van der Waals surface area contributed by atoms with Gasteiger partial charge in [0.1, 0.15) is 0 Å². The van der Waals surface area contributed by atoms with Crippen LogP contribution in [0.5, 0.6) is 11.5 Å². The van der Waals surface area contributed by atoms with Crippen molar-refractivity contribution >= 4 is 34.7 Å². The molecule has 0 radical (unpaired) electrons. The molecule has 0 aliphatic heterocycles. The zero-order valence-electron chi connectivity index (χ0n) is 12.2. The van der Waals surface area contributed by atoms with Crippen LogP contribution in [0, 0.1) is 3.57 Å². The van der Waals surface area contributed by atoms with Gasteiger partial charge in [-0.1, -0.05) is 6.07 Å². The summed E-state index contributed by atoms with van der Waals surface area (Å²) in [6, 6.07) is 12.7. The first-order valence-corrected chi connectivity index (χ1v) is 7.53. The van der Waals surface area contributed by atoms with Crippen molar-refractivity contribution in [1.82, 2.24) is 5.43 Å². The van der Waals surface area contributed by atoms with E-state index in [9.17, 15) is 4.79 Å². The van der Waals surface area contributed by atoms with Gasteiger partial charge in [0.05, 0.1) is 20.4 Å². The van der Waals surface area contributed by atoms with E-state index in [2.05, 4.69) is 33.1 Å². The lowest BCUT2D eigenvalue weighted by molar-refractivity contribution is 0.0955. The number of benzene rings is 2. The minimum absolute atomic E-state index is 0.269. The first kappa shape index (κ1) is 16.3. The maximum Gasteiger partial charge on any atom is 0.271 e. The van der Waals surface area contributed by atoms with E-state index >= 15 is 0 Å². The molecule has 1 N–H and O–H groups in total. The number of carbonyl (C=O) groups is 1. The monoisotopic (exact) mass is 410 g/mol. The van der Waals surface area contributed by atoms with Gasteiger partial charge in [0.2, 0.25) is 0 Å². The fourth-order valence-electron chi connectivity index (χ4n) is 1.84. The highest BCUT2D eigenvalue weighted by atomic mass is 127. The Morgan fingerprint density at radius 3 is 2.50 bits per heavy atom. The summed E-state index contributed by atoms with van der Waals surface area (Å²) in [6.45, 7) is 0. The number of nitrogens with zero attached hydrogens (tertiary/aromatic N) is 1. The maximum atomic E-state index is 11.9. The Morgan fingerprint density at radius 2 is 1.86 bits per heavy atom. The van der Waals surface area contributed by atoms with Crippen LogP contribution in [0.15, 0.2) is 47.6 Å². The minimum Gasteiger partial charge on any atom is -0.493 e. The van der Waals surface area contributed by atoms with Gasteiger partial charge >= 0.3 is 0 Å². The van der Waals surface area contributed by atoms with Crippen LogP contribution in [-0.4, -0.2) is 26.3 Å². The van der Waals surface area contributed by atoms with Crippen LogP contribution < -0.4 is 14.9 Å². The average Bonchev–Trinajstić information content (AvgIpc) is 2.55. The van der Waals surface area contributed by atoms with Gasteiger partial charge < -0.3 is 9.47 Å². The summed E-state index contributed by atoms with van der Waals surface area (Å²) in [4.78, 5) is 11.9. The summed E-state index contributed by atoms with van der Waals surface area (Å²) in [5.41, 5.74) is 3.75. The molecule has 0 atom stereocenters. The van der Waals surface area contributed by atoms with Crippen LogP contribution in [0.1, 0.15) is 15.9 Å². The summed E-state index contributed by atoms with van der Waals surface area (Å²) in [7, 11) is 3.12. The van der Waals surface area contributed by atoms with Gasteiger partial charge in [-0.05, 0) is 59.0 Å². The smallest absolute Gasteiger partial charge is 0.271 e. The number of methoxy groups -OCH3 is 2. The third-order valence-electron chi connectivity index (χ3n) is 2.91. The largest absolute Gasteiger partial charge is 0.493 e. The number of amides is 1. The molecule has 2 aromatic carbocycles. The van der Waals surface area contributed by atoms with Crippen molar-refractivity contribution in [3.63, 3.8) is 0 Å². The average molecular weight is 410 g/mol. The van der Waals surface area contributed by atoms with Gasteiger partial charge in [0, 0.05) is 14.7 Å². The Bertz CT molecular complexity index is 684. The van der Waals surface area contributed by atoms with Crippen molar-refractivity contribution in [3.8, 4) is 11.5 Å². The molecule has 2 rings (SSSR count). The Hall–Kier alpha value is -2.09. The van der Waals surface area contributed by atoms with E-state index in [0.717, 1.165) is 3.57 Å². The molecule has 0 saturated carbocycles. The molecule has 2 aromatic rings. The Balaban J connectivity index is 2.09. The molecule has 0 bridgehead atoms. The third-order valence-corrected chi connectivity index (χ3v) is 3.63. The molecule has 0 spiro atoms. The summed E-state index contributed by atoms with van der Waals surface area (Å²) in [5.74, 6) is 0.905. The van der Waals surface area contributed by atoms with Gasteiger partial charge in [-0.2, -0.15) is 5.10 Å². The molecular formula is C16H15IN2O3. The van der Waals surface area contributed by atoms with Crippen molar-refractivity contribution in [2.24, 2.45) is 5.10 Å². The number of halogens is 1. The van der Waals surface area contributed by atoms with Crippen LogP contribution in [0.25, 0.3) is 0 Å². The Kier molecular flexibility index (Phi) is 5.76. The fourth-order valence-corrected chi connectivity index (χ4v) is 2.20. The molecule has 114 valence electrons. The quantitative estimate of drug-likeness (QED) is 0.468. The van der Waals surface area contributed by atoms with Crippen molar-refractivity contribution < 1.29 is 14.3 Å². The van der Waals surface area contributed by atoms with Gasteiger partial charge in [0.25, 0.3) is 5.91 Å². The van der Waals surface area contributed by atoms with E-state index in [4.69, 9.17) is 9.47 Å². The highest BCUT2D eigenvalue weighted by Crippen LogP contribution is 2.29. The van der Waals surface area contributed by atoms with Crippen molar-refractivity contribution in [3.05, 3.63) is 57.2 Å². The van der Waals surface area contributed by atoms with E-state index < -0.39 is 0 Å². The zero-order chi connectivity index (χ0) is 15.9. The second-order valence-electron chi connectivity index (χ2n) is 4.29. The highest BCUT2D eigenvalue weighted by molar-refractivity contribution is 14.1. The molecular weight excluding hydrogens is 395 g/mol. The number of ether oxygens (including phenoxy) is 2. The van der Waals surface area contributed by atoms with Gasteiger partial charge in [-0.25, -0.2) is 5.43 Å². The lowest BCUT2D eigenvalue weighted by atomic mass is 10.2. The summed E-state index contributed by atoms with van der Waals surface area (Å²) in [5, 5.41) is 3.96. The predicted molar refractivity (Wildman–Crippen MR) is 93.8 cm³/mol. The predicted octanol–water partition coefficient (Wildman–Crippen LogP) is 3.07. The van der Waals surface area contributed by atoms with Gasteiger partial charge in [-0.15, -0.1) is 0 Å². The number of hydrogen-bond donors (Lipinski definition) is 1. The van der Waals surface area contributed by atoms with E-state index in [1.54, 1.807) is 32.4 Å². The first-order chi connectivity index (χ1) is 10.7. The van der Waals surface area contributed by atoms with E-state index in [1.165, 1.54) is 6.21 Å². The second kappa shape index (κ2) is 7.79. The molecule has 0 aromatic heterocycles. The number of rotatable bonds is 5. The highest BCUT2D eigenvalue weighted by Gasteiger charge is 2.08. The maximum absolute atomic E-state index is 11.9. The number of carbonyl (C=O) groups excluding carboxylic acids is 1. The van der Waals surface area contributed by atoms with Gasteiger partial charge in [-0.3, -0.25) is 4.79 Å². The molecule has 1 amide bonds. The van der Waals surface area contributed by atoms with Crippen molar-refractivity contribution in [1.29, 1.82) is 0 Å². The first-order valence-electron chi connectivity index (χ1n) is 6.45. The number of hydrazone groups is 1. The topological polar surface area (TPSA) is 59.9 Å². The van der Waals surface area contributed by atoms with Crippen LogP contribution in [0.3, 0.4) is 0 Å². The lowest BCUT2D eigenvalue weighted by Crippen LogP contribution is -2.17. The summed E-state index contributed by atoms with van der Waals surface area (Å²) >= 11 is 2.18.